The topological polar surface area (TPSA) is 44.6 Å². The van der Waals surface area contributed by atoms with Crippen molar-refractivity contribution in [2.45, 2.75) is 27.2 Å². The lowest BCUT2D eigenvalue weighted by molar-refractivity contribution is 0.318. The van der Waals surface area contributed by atoms with Crippen LogP contribution in [-0.2, 0) is 0 Å². The number of rotatable bonds is 0. The highest BCUT2D eigenvalue weighted by Crippen LogP contribution is 2.34. The Kier molecular flexibility index (Phi) is 3.47. The van der Waals surface area contributed by atoms with Gasteiger partial charge in [-0.25, -0.2) is 4.99 Å². The number of allylic oxidation sites excluding steroid dienone is 1. The molecule has 0 radical (unpaired) electrons. The van der Waals surface area contributed by atoms with Crippen LogP contribution in [0.5, 0.6) is 0 Å². The molecule has 3 heteroatoms. The van der Waals surface area contributed by atoms with Gasteiger partial charge in [-0.3, -0.25) is 0 Å². The number of nitrogens with one attached hydrogen (secondary N) is 1. The number of fused-ring (bicyclic) bond motifs is 1. The van der Waals surface area contributed by atoms with E-state index in [0.29, 0.717) is 0 Å². The van der Waals surface area contributed by atoms with Crippen molar-refractivity contribution in [3.63, 3.8) is 0 Å². The lowest BCUT2D eigenvalue weighted by Gasteiger charge is -2.25. The van der Waals surface area contributed by atoms with E-state index in [1.54, 1.807) is 6.92 Å². The molecule has 2 heterocycles. The Morgan fingerprint density at radius 3 is 3.00 bits per heavy atom. The van der Waals surface area contributed by atoms with E-state index in [9.17, 15) is 0 Å². The molecule has 2 rings (SSSR count). The summed E-state index contributed by atoms with van der Waals surface area (Å²) >= 11 is 0. The van der Waals surface area contributed by atoms with Gasteiger partial charge in [0.15, 0.2) is 0 Å². The van der Waals surface area contributed by atoms with Crippen LogP contribution < -0.4 is 5.32 Å². The largest absolute Gasteiger partial charge is 0.397 e. The van der Waals surface area contributed by atoms with Crippen molar-refractivity contribution in [3.05, 3.63) is 24.0 Å². The highest BCUT2D eigenvalue weighted by Gasteiger charge is 2.33. The van der Waals surface area contributed by atoms with Gasteiger partial charge in [-0.1, -0.05) is 11.6 Å². The number of nitrogens with zero attached hydrogens (tertiary/aromatic N) is 1. The number of aliphatic hydroxyl groups is 1. The summed E-state index contributed by atoms with van der Waals surface area (Å²) in [5.74, 6) is 1.09. The molecule has 0 aromatic rings. The molecule has 3 nitrogen and oxygen atoms in total. The number of hydrogen-bond donors (Lipinski definition) is 2. The highest BCUT2D eigenvalue weighted by molar-refractivity contribution is 5.94. The van der Waals surface area contributed by atoms with Gasteiger partial charge in [0, 0.05) is 19.6 Å². The van der Waals surface area contributed by atoms with E-state index < -0.39 is 0 Å². The Bertz CT molecular complexity index is 297. The van der Waals surface area contributed by atoms with Gasteiger partial charge in [-0.2, -0.15) is 0 Å². The number of amidine groups is 1. The van der Waals surface area contributed by atoms with Gasteiger partial charge in [0.2, 0.25) is 0 Å². The molecule has 0 aromatic heterocycles. The molecule has 80 valence electrons. The van der Waals surface area contributed by atoms with Crippen LogP contribution in [0.2, 0.25) is 0 Å². The first-order valence-electron chi connectivity index (χ1n) is 4.91. The highest BCUT2D eigenvalue weighted by atomic mass is 16.2. The molecule has 2 N–H and O–H groups in total. The molecule has 2 aliphatic rings. The van der Waals surface area contributed by atoms with Crippen molar-refractivity contribution < 1.29 is 6.53 Å². The molecule has 1 atom stereocenters. The van der Waals surface area contributed by atoms with Crippen LogP contribution in [0.4, 0.5) is 0 Å². The van der Waals surface area contributed by atoms with Crippen molar-refractivity contribution in [2.24, 2.45) is 10.4 Å². The number of aliphatic imine (C=N–C) groups is 1. The molecular weight excluding hydrogens is 176 g/mol. The zero-order chi connectivity index (χ0) is 10.6. The Labute approximate surface area is 86.7 Å². The maximum absolute atomic E-state index is 7.57. The molecule has 2 aliphatic heterocycles. The molecule has 0 aromatic carbocycles. The SMILES string of the molecule is CC1=CN=C2NC=CC2(C)C1.CCO.[HH]. The Morgan fingerprint density at radius 2 is 2.36 bits per heavy atom. The summed E-state index contributed by atoms with van der Waals surface area (Å²) in [5, 5.41) is 10.7. The average Bonchev–Trinajstić information content (AvgIpc) is 2.46. The van der Waals surface area contributed by atoms with Crippen LogP contribution in [0.25, 0.3) is 0 Å². The molecule has 0 saturated heterocycles. The van der Waals surface area contributed by atoms with Gasteiger partial charge in [0.05, 0.1) is 0 Å². The third-order valence-electron chi connectivity index (χ3n) is 2.27. The monoisotopic (exact) mass is 196 g/mol. The van der Waals surface area contributed by atoms with Crippen molar-refractivity contribution >= 4 is 5.84 Å². The van der Waals surface area contributed by atoms with Crippen LogP contribution >= 0.6 is 0 Å². The second kappa shape index (κ2) is 4.42. The quantitative estimate of drug-likeness (QED) is 0.623. The van der Waals surface area contributed by atoms with Crippen molar-refractivity contribution in [2.75, 3.05) is 6.61 Å². The van der Waals surface area contributed by atoms with Crippen molar-refractivity contribution in [3.8, 4) is 0 Å². The van der Waals surface area contributed by atoms with Crippen LogP contribution in [0.1, 0.15) is 28.6 Å². The van der Waals surface area contributed by atoms with Crippen LogP contribution in [0, 0.1) is 5.41 Å². The summed E-state index contributed by atoms with van der Waals surface area (Å²) in [6, 6.07) is 0. The molecular formula is C11H20N2O. The van der Waals surface area contributed by atoms with Crippen molar-refractivity contribution in [1.29, 1.82) is 0 Å². The zero-order valence-corrected chi connectivity index (χ0v) is 9.04. The molecule has 1 unspecified atom stereocenters. The fraction of sp³-hybridized carbons (Fsp3) is 0.545. The predicted octanol–water partition coefficient (Wildman–Crippen LogP) is 2.06. The summed E-state index contributed by atoms with van der Waals surface area (Å²) in [6.45, 7) is 6.26. The third kappa shape index (κ3) is 2.23. The number of hydrogen-bond acceptors (Lipinski definition) is 3. The summed E-state index contributed by atoms with van der Waals surface area (Å²) in [7, 11) is 0. The van der Waals surface area contributed by atoms with Gasteiger partial charge in [-0.15, -0.1) is 0 Å². The molecule has 0 aliphatic carbocycles. The summed E-state index contributed by atoms with van der Waals surface area (Å²) in [5.41, 5.74) is 1.50. The Hall–Kier alpha value is -1.09. The first-order valence-corrected chi connectivity index (χ1v) is 4.91. The minimum Gasteiger partial charge on any atom is -0.397 e. The first kappa shape index (κ1) is 11.0. The van der Waals surface area contributed by atoms with Gasteiger partial charge < -0.3 is 10.4 Å². The van der Waals surface area contributed by atoms with Crippen molar-refractivity contribution in [1.82, 2.24) is 5.32 Å². The second-order valence-electron chi connectivity index (χ2n) is 3.84. The average molecular weight is 196 g/mol. The summed E-state index contributed by atoms with van der Waals surface area (Å²) < 4.78 is 0. The molecule has 0 saturated carbocycles. The maximum Gasteiger partial charge on any atom is 0.116 e. The minimum absolute atomic E-state index is 0. The van der Waals surface area contributed by atoms with E-state index in [1.807, 2.05) is 12.4 Å². The number of aliphatic hydroxyl groups excluding tert-OH is 1. The summed E-state index contributed by atoms with van der Waals surface area (Å²) in [6.07, 6.45) is 7.19. The normalized spacial score (nSPS) is 28.0. The van der Waals surface area contributed by atoms with Gasteiger partial charge in [0.25, 0.3) is 0 Å². The molecule has 0 bridgehead atoms. The van der Waals surface area contributed by atoms with Gasteiger partial charge >= 0.3 is 0 Å². The predicted molar refractivity (Wildman–Crippen MR) is 61.1 cm³/mol. The van der Waals surface area contributed by atoms with E-state index >= 15 is 0 Å². The van der Waals surface area contributed by atoms with Crippen LogP contribution in [0.3, 0.4) is 0 Å². The zero-order valence-electron chi connectivity index (χ0n) is 9.04. The van der Waals surface area contributed by atoms with Gasteiger partial charge in [0.1, 0.15) is 5.84 Å². The third-order valence-corrected chi connectivity index (χ3v) is 2.27. The van der Waals surface area contributed by atoms with E-state index in [0.717, 1.165) is 12.3 Å². The second-order valence-corrected chi connectivity index (χ2v) is 3.84. The summed E-state index contributed by atoms with van der Waals surface area (Å²) in [4.78, 5) is 4.33. The van der Waals surface area contributed by atoms with Crippen LogP contribution in [-0.4, -0.2) is 17.5 Å². The molecule has 0 amide bonds. The lowest BCUT2D eigenvalue weighted by Crippen LogP contribution is -2.31. The van der Waals surface area contributed by atoms with E-state index in [2.05, 4.69) is 30.2 Å². The molecule has 0 spiro atoms. The molecule has 0 fully saturated rings. The lowest BCUT2D eigenvalue weighted by atomic mass is 9.83. The maximum atomic E-state index is 7.57. The standard InChI is InChI=1S/C9H12N2.C2H6O.H2/c1-7-5-9(2)3-4-10-8(9)11-6-7;1-2-3;/h3-4,6H,5H2,1-2H3,(H,10,11);3H,2H2,1H3;1H. The van der Waals surface area contributed by atoms with Crippen LogP contribution in [0.15, 0.2) is 29.0 Å². The van der Waals surface area contributed by atoms with E-state index in [-0.39, 0.29) is 13.4 Å². The smallest absolute Gasteiger partial charge is 0.116 e. The minimum atomic E-state index is 0. The first-order chi connectivity index (χ1) is 6.62. The van der Waals surface area contributed by atoms with E-state index in [4.69, 9.17) is 5.11 Å². The van der Waals surface area contributed by atoms with E-state index in [1.165, 1.54) is 5.57 Å². The Balaban J connectivity index is 0.000000443. The Morgan fingerprint density at radius 1 is 1.71 bits per heavy atom. The van der Waals surface area contributed by atoms with Gasteiger partial charge in [-0.05, 0) is 33.4 Å². The fourth-order valence-corrected chi connectivity index (χ4v) is 1.68. The fourth-order valence-electron chi connectivity index (χ4n) is 1.68. The molecule has 14 heavy (non-hydrogen) atoms.